The number of fused-ring (bicyclic) bond motifs is 3. The first-order chi connectivity index (χ1) is 17.2. The fourth-order valence-corrected chi connectivity index (χ4v) is 4.35. The Labute approximate surface area is 198 Å². The number of rotatable bonds is 1. The van der Waals surface area contributed by atoms with Crippen molar-refractivity contribution >= 4 is 0 Å². The average molecular weight is 608 g/mol. The Bertz CT molecular complexity index is 1420. The predicted molar refractivity (Wildman–Crippen MR) is 82.1 cm³/mol. The summed E-state index contributed by atoms with van der Waals surface area (Å²) in [5.41, 5.74) is -25.2. The van der Waals surface area contributed by atoms with E-state index in [0.717, 1.165) is 0 Å². The molecule has 216 valence electrons. The van der Waals surface area contributed by atoms with Crippen molar-refractivity contribution in [1.82, 2.24) is 0 Å². The quantitative estimate of drug-likeness (QED) is 0.174. The molecule has 1 fully saturated rings. The van der Waals surface area contributed by atoms with Crippen molar-refractivity contribution in [2.45, 2.75) is 41.2 Å². The van der Waals surface area contributed by atoms with E-state index in [2.05, 4.69) is 0 Å². The Hall–Kier alpha value is -2.96. The van der Waals surface area contributed by atoms with E-state index in [0.29, 0.717) is 0 Å². The number of hydrogen-bond acceptors (Lipinski definition) is 0. The van der Waals surface area contributed by atoms with Gasteiger partial charge in [0.15, 0.2) is 40.7 Å². The van der Waals surface area contributed by atoms with Gasteiger partial charge in [-0.3, -0.25) is 0 Å². The van der Waals surface area contributed by atoms with E-state index in [1.165, 1.54) is 0 Å². The largest absolute Gasteiger partial charge is 0.384 e. The van der Waals surface area contributed by atoms with Crippen LogP contribution in [0.3, 0.4) is 0 Å². The molecule has 0 bridgehead atoms. The highest BCUT2D eigenvalue weighted by atomic mass is 19.4. The van der Waals surface area contributed by atoms with Crippen LogP contribution >= 0.6 is 0 Å². The van der Waals surface area contributed by atoms with Crippen LogP contribution in [0, 0.1) is 40.7 Å². The van der Waals surface area contributed by atoms with Gasteiger partial charge in [-0.25, -0.2) is 35.1 Å². The zero-order valence-corrected chi connectivity index (χ0v) is 17.1. The third kappa shape index (κ3) is 2.61. The molecule has 0 nitrogen and oxygen atoms in total. The summed E-state index contributed by atoms with van der Waals surface area (Å²) in [4.78, 5) is 0. The Morgan fingerprint density at radius 1 is 0.282 bits per heavy atom. The Balaban J connectivity index is 2.34. The first-order valence-electron chi connectivity index (χ1n) is 9.28. The molecule has 0 heterocycles. The molecule has 2 aromatic carbocycles. The van der Waals surface area contributed by atoms with Gasteiger partial charge in [-0.1, -0.05) is 0 Å². The van der Waals surface area contributed by atoms with Gasteiger partial charge in [0.2, 0.25) is 0 Å². The molecule has 4 rings (SSSR count). The van der Waals surface area contributed by atoms with E-state index in [-0.39, 0.29) is 0 Å². The molecule has 0 atom stereocenters. The van der Waals surface area contributed by atoms with E-state index >= 15 is 13.2 Å². The SMILES string of the molecule is Fc1c(F)c(F)c2c(c1F)-c1c(F)c(F)c(F)c(C3(F)C(F)(F)C(F)(F)C(F)(F)C(F)(F)C3(F)F)c1C2(F)F. The molecule has 0 amide bonds. The highest BCUT2D eigenvalue weighted by molar-refractivity contribution is 5.83. The van der Waals surface area contributed by atoms with Gasteiger partial charge in [0.1, 0.15) is 0 Å². The first-order valence-corrected chi connectivity index (χ1v) is 9.28. The van der Waals surface area contributed by atoms with Crippen molar-refractivity contribution in [1.29, 1.82) is 0 Å². The van der Waals surface area contributed by atoms with Crippen molar-refractivity contribution in [3.63, 3.8) is 0 Å². The molecule has 2 aliphatic rings. The zero-order chi connectivity index (χ0) is 30.4. The van der Waals surface area contributed by atoms with E-state index in [1.54, 1.807) is 0 Å². The van der Waals surface area contributed by atoms with Crippen molar-refractivity contribution in [2.24, 2.45) is 0 Å². The molecule has 1 saturated carbocycles. The fraction of sp³-hybridized carbons (Fsp3) is 0.368. The summed E-state index contributed by atoms with van der Waals surface area (Å²) in [6, 6.07) is 0. The van der Waals surface area contributed by atoms with Crippen molar-refractivity contribution in [2.75, 3.05) is 0 Å². The number of halogens is 20. The van der Waals surface area contributed by atoms with E-state index in [4.69, 9.17) is 0 Å². The van der Waals surface area contributed by atoms with Crippen LogP contribution in [0.4, 0.5) is 87.8 Å². The normalized spacial score (nSPS) is 24.3. The Kier molecular flexibility index (Phi) is 5.37. The van der Waals surface area contributed by atoms with Crippen LogP contribution in [-0.4, -0.2) is 29.6 Å². The summed E-state index contributed by atoms with van der Waals surface area (Å²) in [7, 11) is 0. The van der Waals surface area contributed by atoms with Crippen molar-refractivity contribution in [3.8, 4) is 11.1 Å². The second-order valence-corrected chi connectivity index (χ2v) is 8.18. The summed E-state index contributed by atoms with van der Waals surface area (Å²) in [5.74, 6) is -71.1. The van der Waals surface area contributed by atoms with Crippen LogP contribution in [0.1, 0.15) is 16.7 Å². The summed E-state index contributed by atoms with van der Waals surface area (Å²) in [6.07, 6.45) is 0. The van der Waals surface area contributed by atoms with Crippen molar-refractivity contribution < 1.29 is 87.8 Å². The second kappa shape index (κ2) is 7.21. The summed E-state index contributed by atoms with van der Waals surface area (Å²) < 4.78 is 285. The minimum absolute atomic E-state index is 2.83. The van der Waals surface area contributed by atoms with Gasteiger partial charge in [-0.05, 0) is 0 Å². The molecule has 0 spiro atoms. The lowest BCUT2D eigenvalue weighted by Gasteiger charge is -2.53. The molecular weight excluding hydrogens is 608 g/mol. The third-order valence-electron chi connectivity index (χ3n) is 6.26. The van der Waals surface area contributed by atoms with E-state index < -0.39 is 110 Å². The van der Waals surface area contributed by atoms with E-state index in [9.17, 15) is 74.6 Å². The first kappa shape index (κ1) is 29.0. The monoisotopic (exact) mass is 608 g/mol. The maximum absolute atomic E-state index is 15.6. The summed E-state index contributed by atoms with van der Waals surface area (Å²) >= 11 is 0. The molecule has 2 aromatic rings. The van der Waals surface area contributed by atoms with E-state index in [1.807, 2.05) is 0 Å². The minimum atomic E-state index is -8.15. The molecular formula is C19F20. The van der Waals surface area contributed by atoms with Crippen LogP contribution in [0.25, 0.3) is 11.1 Å². The fourth-order valence-electron chi connectivity index (χ4n) is 4.35. The van der Waals surface area contributed by atoms with Crippen LogP contribution in [-0.2, 0) is 11.6 Å². The number of benzene rings is 2. The van der Waals surface area contributed by atoms with Gasteiger partial charge >= 0.3 is 35.5 Å². The van der Waals surface area contributed by atoms with Crippen molar-refractivity contribution in [3.05, 3.63) is 57.4 Å². The molecule has 39 heavy (non-hydrogen) atoms. The molecule has 0 aliphatic heterocycles. The highest BCUT2D eigenvalue weighted by Gasteiger charge is 3.02. The lowest BCUT2D eigenvalue weighted by molar-refractivity contribution is -0.489. The zero-order valence-electron chi connectivity index (χ0n) is 17.1. The molecule has 0 saturated heterocycles. The lowest BCUT2D eigenvalue weighted by atomic mass is 9.67. The van der Waals surface area contributed by atoms with Gasteiger partial charge in [0, 0.05) is 16.7 Å². The topological polar surface area (TPSA) is 0 Å². The number of hydrogen-bond donors (Lipinski definition) is 0. The standard InChI is InChI=1S/C19F20/c20-6-1-2-4(8(22)12(26)11(25)7(2)21)13(27,28)3(1)5(9(23)10(6)24)14(29)15(30,31)17(34,35)19(38,39)18(36,37)16(14,32)33. The Morgan fingerprint density at radius 2 is 0.564 bits per heavy atom. The van der Waals surface area contributed by atoms with Gasteiger partial charge in [-0.2, -0.15) is 52.7 Å². The molecule has 0 radical (unpaired) electrons. The van der Waals surface area contributed by atoms with Gasteiger partial charge in [-0.15, -0.1) is 0 Å². The molecule has 0 N–H and O–H groups in total. The molecule has 2 aliphatic carbocycles. The molecule has 0 aromatic heterocycles. The second-order valence-electron chi connectivity index (χ2n) is 8.18. The minimum Gasteiger partial charge on any atom is -0.224 e. The van der Waals surface area contributed by atoms with Crippen LogP contribution in [0.5, 0.6) is 0 Å². The molecule has 20 heteroatoms. The predicted octanol–water partition coefficient (Wildman–Crippen LogP) is 8.14. The van der Waals surface area contributed by atoms with Gasteiger partial charge in [0.25, 0.3) is 5.67 Å². The lowest BCUT2D eigenvalue weighted by Crippen LogP contribution is -2.82. The van der Waals surface area contributed by atoms with Gasteiger partial charge < -0.3 is 0 Å². The van der Waals surface area contributed by atoms with Crippen LogP contribution < -0.4 is 0 Å². The molecule has 0 unspecified atom stereocenters. The van der Waals surface area contributed by atoms with Gasteiger partial charge in [0.05, 0.1) is 11.1 Å². The highest BCUT2D eigenvalue weighted by Crippen LogP contribution is 2.74. The summed E-state index contributed by atoms with van der Waals surface area (Å²) in [5, 5.41) is 0. The average Bonchev–Trinajstić information content (AvgIpc) is 3.05. The van der Waals surface area contributed by atoms with Crippen LogP contribution in [0.2, 0.25) is 0 Å². The number of alkyl halides is 13. The maximum Gasteiger partial charge on any atom is 0.384 e. The third-order valence-corrected chi connectivity index (χ3v) is 6.26. The summed E-state index contributed by atoms with van der Waals surface area (Å²) in [6.45, 7) is 0. The van der Waals surface area contributed by atoms with Crippen LogP contribution in [0.15, 0.2) is 0 Å². The smallest absolute Gasteiger partial charge is 0.224 e. The Morgan fingerprint density at radius 3 is 0.974 bits per heavy atom. The maximum atomic E-state index is 15.6.